The van der Waals surface area contributed by atoms with Gasteiger partial charge in [0.25, 0.3) is 0 Å². The number of nitrogens with zero attached hydrogens (tertiary/aromatic N) is 3. The van der Waals surface area contributed by atoms with E-state index in [2.05, 4.69) is 5.32 Å². The molecule has 208 valence electrons. The zero-order valence-electron chi connectivity index (χ0n) is 23.1. The van der Waals surface area contributed by atoms with E-state index in [-0.39, 0.29) is 36.2 Å². The third-order valence-corrected chi connectivity index (χ3v) is 8.82. The van der Waals surface area contributed by atoms with Gasteiger partial charge in [-0.05, 0) is 49.3 Å². The van der Waals surface area contributed by atoms with Gasteiger partial charge in [-0.3, -0.25) is 4.79 Å². The average molecular weight is 543 g/mol. The van der Waals surface area contributed by atoms with Crippen molar-refractivity contribution in [1.82, 2.24) is 14.1 Å². The topological polar surface area (TPSA) is 90.0 Å². The van der Waals surface area contributed by atoms with Gasteiger partial charge in [0.2, 0.25) is 15.9 Å². The lowest BCUT2D eigenvalue weighted by atomic mass is 10.0. The summed E-state index contributed by atoms with van der Waals surface area (Å²) in [7, 11) is -3.53. The number of aryl methyl sites for hydroxylation is 1. The van der Waals surface area contributed by atoms with E-state index in [0.29, 0.717) is 45.4 Å². The van der Waals surface area contributed by atoms with Crippen LogP contribution in [0.25, 0.3) is 0 Å². The summed E-state index contributed by atoms with van der Waals surface area (Å²) >= 11 is 0. The monoisotopic (exact) mass is 542 g/mol. The molecule has 1 N–H and O–H groups in total. The molecule has 9 heteroatoms. The number of nitrogens with one attached hydrogen (secondary N) is 1. The Morgan fingerprint density at radius 3 is 2.26 bits per heavy atom. The number of urea groups is 1. The van der Waals surface area contributed by atoms with Crippen molar-refractivity contribution in [2.75, 3.05) is 37.2 Å². The van der Waals surface area contributed by atoms with Crippen LogP contribution in [0.1, 0.15) is 51.2 Å². The number of amides is 3. The number of likely N-dealkylation sites (tertiary alicyclic amines) is 1. The highest BCUT2D eigenvalue weighted by atomic mass is 32.2. The minimum absolute atomic E-state index is 0.0279. The van der Waals surface area contributed by atoms with Gasteiger partial charge >= 0.3 is 6.03 Å². The van der Waals surface area contributed by atoms with E-state index in [4.69, 9.17) is 0 Å². The molecule has 0 aromatic heterocycles. The highest BCUT2D eigenvalue weighted by Crippen LogP contribution is 2.22. The molecule has 0 saturated carbocycles. The van der Waals surface area contributed by atoms with Crippen molar-refractivity contribution in [2.24, 2.45) is 5.92 Å². The van der Waals surface area contributed by atoms with Crippen LogP contribution in [0.5, 0.6) is 0 Å². The standard InChI is InChI=1S/C29H42N4O4S/c1-5-19-38(36,37)32(20-23(2)3)22-28(34)33(21-25-12-7-6-8-13-25)26-15-17-31(18-16-26)29(35)30-27-14-10-9-11-24(27)4/h6-14,23,26H,5,15-22H2,1-4H3,(H,30,35). The number of carbonyl (C=O) groups is 2. The van der Waals surface area contributed by atoms with Gasteiger partial charge < -0.3 is 15.1 Å². The lowest BCUT2D eigenvalue weighted by molar-refractivity contribution is -0.135. The Balaban J connectivity index is 1.73. The zero-order chi connectivity index (χ0) is 27.7. The molecule has 1 saturated heterocycles. The van der Waals surface area contributed by atoms with Gasteiger partial charge in [0.05, 0.1) is 12.3 Å². The molecule has 1 heterocycles. The van der Waals surface area contributed by atoms with E-state index in [0.717, 1.165) is 16.8 Å². The average Bonchev–Trinajstić information content (AvgIpc) is 2.88. The number of para-hydroxylation sites is 1. The Labute approximate surface area is 228 Å². The summed E-state index contributed by atoms with van der Waals surface area (Å²) in [4.78, 5) is 30.2. The molecule has 8 nitrogen and oxygen atoms in total. The van der Waals surface area contributed by atoms with Crippen LogP contribution in [-0.2, 0) is 21.4 Å². The first-order chi connectivity index (χ1) is 18.1. The van der Waals surface area contributed by atoms with Gasteiger partial charge in [-0.1, -0.05) is 69.3 Å². The fraction of sp³-hybridized carbons (Fsp3) is 0.517. The predicted octanol–water partition coefficient (Wildman–Crippen LogP) is 4.72. The summed E-state index contributed by atoms with van der Waals surface area (Å²) in [5.74, 6) is -0.0657. The Kier molecular flexibility index (Phi) is 10.7. The van der Waals surface area contributed by atoms with Crippen LogP contribution in [-0.4, -0.2) is 72.4 Å². The van der Waals surface area contributed by atoms with Gasteiger partial charge in [-0.15, -0.1) is 0 Å². The number of carbonyl (C=O) groups excluding carboxylic acids is 2. The van der Waals surface area contributed by atoms with Crippen molar-refractivity contribution in [3.63, 3.8) is 0 Å². The molecule has 3 amide bonds. The molecule has 0 atom stereocenters. The van der Waals surface area contributed by atoms with Gasteiger partial charge in [0.15, 0.2) is 0 Å². The number of piperidine rings is 1. The Hall–Kier alpha value is -2.91. The Bertz CT molecular complexity index is 1160. The predicted molar refractivity (Wildman–Crippen MR) is 152 cm³/mol. The fourth-order valence-corrected chi connectivity index (χ4v) is 6.41. The number of anilines is 1. The Morgan fingerprint density at radius 1 is 1.03 bits per heavy atom. The molecule has 1 fully saturated rings. The van der Waals surface area contributed by atoms with E-state index in [1.165, 1.54) is 4.31 Å². The molecule has 2 aromatic carbocycles. The van der Waals surface area contributed by atoms with Crippen LogP contribution in [0.4, 0.5) is 10.5 Å². The molecule has 0 bridgehead atoms. The lowest BCUT2D eigenvalue weighted by Crippen LogP contribution is -2.52. The van der Waals surface area contributed by atoms with E-state index in [9.17, 15) is 18.0 Å². The first-order valence-electron chi connectivity index (χ1n) is 13.5. The largest absolute Gasteiger partial charge is 0.334 e. The van der Waals surface area contributed by atoms with Crippen LogP contribution in [0, 0.1) is 12.8 Å². The highest BCUT2D eigenvalue weighted by molar-refractivity contribution is 7.89. The number of sulfonamides is 1. The molecule has 0 unspecified atom stereocenters. The summed E-state index contributed by atoms with van der Waals surface area (Å²) in [5, 5.41) is 2.99. The summed E-state index contributed by atoms with van der Waals surface area (Å²) in [6, 6.07) is 17.2. The van der Waals surface area contributed by atoms with Crippen LogP contribution >= 0.6 is 0 Å². The van der Waals surface area contributed by atoms with Crippen LogP contribution in [0.2, 0.25) is 0 Å². The molecule has 0 spiro atoms. The van der Waals surface area contributed by atoms with Crippen LogP contribution in [0.3, 0.4) is 0 Å². The minimum atomic E-state index is -3.53. The summed E-state index contributed by atoms with van der Waals surface area (Å²) < 4.78 is 27.3. The molecule has 38 heavy (non-hydrogen) atoms. The van der Waals surface area contributed by atoms with Gasteiger partial charge in [0, 0.05) is 37.9 Å². The van der Waals surface area contributed by atoms with E-state index in [1.807, 2.05) is 87.2 Å². The van der Waals surface area contributed by atoms with Gasteiger partial charge in [-0.25, -0.2) is 13.2 Å². The van der Waals surface area contributed by atoms with Crippen LogP contribution < -0.4 is 5.32 Å². The van der Waals surface area contributed by atoms with Crippen molar-refractivity contribution in [2.45, 2.75) is 59.5 Å². The van der Waals surface area contributed by atoms with E-state index in [1.54, 1.807) is 4.90 Å². The molecule has 0 aliphatic carbocycles. The number of rotatable bonds is 11. The quantitative estimate of drug-likeness (QED) is 0.445. The van der Waals surface area contributed by atoms with Crippen LogP contribution in [0.15, 0.2) is 54.6 Å². The second kappa shape index (κ2) is 13.8. The van der Waals surface area contributed by atoms with Crippen molar-refractivity contribution in [3.05, 3.63) is 65.7 Å². The van der Waals surface area contributed by atoms with Crippen molar-refractivity contribution < 1.29 is 18.0 Å². The lowest BCUT2D eigenvalue weighted by Gasteiger charge is -2.39. The first kappa shape index (κ1) is 29.6. The van der Waals surface area contributed by atoms with E-state index >= 15 is 0 Å². The maximum Gasteiger partial charge on any atom is 0.321 e. The fourth-order valence-electron chi connectivity index (χ4n) is 4.80. The number of hydrogen-bond donors (Lipinski definition) is 1. The third kappa shape index (κ3) is 8.30. The second-order valence-electron chi connectivity index (χ2n) is 10.5. The molecule has 0 radical (unpaired) electrons. The minimum Gasteiger partial charge on any atom is -0.334 e. The molecule has 1 aliphatic rings. The molecule has 1 aliphatic heterocycles. The normalized spacial score (nSPS) is 14.6. The molecule has 2 aromatic rings. The molecular formula is C29H42N4O4S. The van der Waals surface area contributed by atoms with Crippen molar-refractivity contribution in [1.29, 1.82) is 0 Å². The van der Waals surface area contributed by atoms with E-state index < -0.39 is 10.0 Å². The van der Waals surface area contributed by atoms with Gasteiger partial charge in [0.1, 0.15) is 0 Å². The van der Waals surface area contributed by atoms with Crippen molar-refractivity contribution in [3.8, 4) is 0 Å². The summed E-state index contributed by atoms with van der Waals surface area (Å²) in [6.45, 7) is 9.29. The zero-order valence-corrected chi connectivity index (χ0v) is 23.9. The van der Waals surface area contributed by atoms with Crippen molar-refractivity contribution >= 4 is 27.6 Å². The summed E-state index contributed by atoms with van der Waals surface area (Å²) in [6.07, 6.45) is 1.76. The first-order valence-corrected chi connectivity index (χ1v) is 15.1. The third-order valence-electron chi connectivity index (χ3n) is 6.83. The molecule has 3 rings (SSSR count). The smallest absolute Gasteiger partial charge is 0.321 e. The number of benzene rings is 2. The van der Waals surface area contributed by atoms with Gasteiger partial charge in [-0.2, -0.15) is 4.31 Å². The summed E-state index contributed by atoms with van der Waals surface area (Å²) in [5.41, 5.74) is 2.78. The number of hydrogen-bond acceptors (Lipinski definition) is 4. The Morgan fingerprint density at radius 2 is 1.66 bits per heavy atom. The maximum absolute atomic E-state index is 13.7. The highest BCUT2D eigenvalue weighted by Gasteiger charge is 2.33. The SMILES string of the molecule is CCCS(=O)(=O)N(CC(=O)N(Cc1ccccc1)C1CCN(C(=O)Nc2ccccc2C)CC1)CC(C)C. The molecular weight excluding hydrogens is 500 g/mol. The second-order valence-corrected chi connectivity index (χ2v) is 12.6. The maximum atomic E-state index is 13.7.